The molecule has 1 atom stereocenters. The topological polar surface area (TPSA) is 24.9 Å². The fraction of sp³-hybridized carbons (Fsp3) is 0.400. The minimum absolute atomic E-state index is 0.769. The van der Waals surface area contributed by atoms with Crippen LogP contribution in [-0.2, 0) is 6.42 Å². The maximum atomic E-state index is 4.55. The largest absolute Gasteiger partial charge is 0.316 e. The Hall–Kier alpha value is -0.930. The fourth-order valence-corrected chi connectivity index (χ4v) is 3.07. The number of halogens is 1. The number of benzene rings is 1. The van der Waals surface area contributed by atoms with Crippen LogP contribution in [0.5, 0.6) is 0 Å². The highest BCUT2D eigenvalue weighted by Gasteiger charge is 2.13. The molecular formula is C15H17BrN2. The lowest BCUT2D eigenvalue weighted by Gasteiger charge is -2.22. The summed E-state index contributed by atoms with van der Waals surface area (Å²) in [4.78, 5) is 4.55. The number of aromatic nitrogens is 1. The molecule has 0 saturated carbocycles. The van der Waals surface area contributed by atoms with Crippen molar-refractivity contribution in [2.45, 2.75) is 19.3 Å². The van der Waals surface area contributed by atoms with E-state index in [2.05, 4.69) is 44.4 Å². The van der Waals surface area contributed by atoms with Gasteiger partial charge in [0.15, 0.2) is 0 Å². The Bertz CT molecular complexity index is 547. The highest BCUT2D eigenvalue weighted by molar-refractivity contribution is 9.10. The average molecular weight is 305 g/mol. The summed E-state index contributed by atoms with van der Waals surface area (Å²) in [6, 6.07) is 8.53. The number of pyridine rings is 1. The second-order valence-electron chi connectivity index (χ2n) is 5.10. The van der Waals surface area contributed by atoms with Gasteiger partial charge < -0.3 is 5.32 Å². The molecule has 0 spiro atoms. The van der Waals surface area contributed by atoms with Crippen LogP contribution in [0.25, 0.3) is 10.9 Å². The van der Waals surface area contributed by atoms with E-state index in [1.54, 1.807) is 0 Å². The zero-order valence-electron chi connectivity index (χ0n) is 10.3. The van der Waals surface area contributed by atoms with Gasteiger partial charge in [0.1, 0.15) is 0 Å². The molecule has 94 valence electrons. The SMILES string of the molecule is Brc1ccc2ncc(CC3CCCNC3)cc2c1. The smallest absolute Gasteiger partial charge is 0.0702 e. The van der Waals surface area contributed by atoms with Crippen molar-refractivity contribution in [3.63, 3.8) is 0 Å². The van der Waals surface area contributed by atoms with E-state index in [0.717, 1.165) is 28.9 Å². The molecule has 1 unspecified atom stereocenters. The first kappa shape index (κ1) is 12.1. The molecule has 1 aromatic carbocycles. The van der Waals surface area contributed by atoms with Crippen LogP contribution in [0.1, 0.15) is 18.4 Å². The maximum absolute atomic E-state index is 4.55. The van der Waals surface area contributed by atoms with E-state index in [0.29, 0.717) is 0 Å². The van der Waals surface area contributed by atoms with Gasteiger partial charge in [-0.05, 0) is 68.1 Å². The maximum Gasteiger partial charge on any atom is 0.0702 e. The van der Waals surface area contributed by atoms with Gasteiger partial charge in [-0.15, -0.1) is 0 Å². The minimum Gasteiger partial charge on any atom is -0.316 e. The first-order valence-corrected chi connectivity index (χ1v) is 7.35. The van der Waals surface area contributed by atoms with E-state index in [1.165, 1.54) is 30.3 Å². The average Bonchev–Trinajstić information content (AvgIpc) is 2.39. The van der Waals surface area contributed by atoms with E-state index in [4.69, 9.17) is 0 Å². The first-order chi connectivity index (χ1) is 8.81. The summed E-state index contributed by atoms with van der Waals surface area (Å²) in [5.41, 5.74) is 2.43. The Morgan fingerprint density at radius 2 is 2.28 bits per heavy atom. The highest BCUT2D eigenvalue weighted by Crippen LogP contribution is 2.22. The molecule has 0 radical (unpaired) electrons. The molecule has 0 amide bonds. The van der Waals surface area contributed by atoms with Crippen molar-refractivity contribution in [1.82, 2.24) is 10.3 Å². The minimum atomic E-state index is 0.769. The van der Waals surface area contributed by atoms with Gasteiger partial charge in [-0.1, -0.05) is 15.9 Å². The Labute approximate surface area is 116 Å². The molecule has 0 bridgehead atoms. The lowest BCUT2D eigenvalue weighted by molar-refractivity contribution is 0.376. The van der Waals surface area contributed by atoms with Crippen molar-refractivity contribution >= 4 is 26.8 Å². The lowest BCUT2D eigenvalue weighted by atomic mass is 9.92. The summed E-state index contributed by atoms with van der Waals surface area (Å²) < 4.78 is 1.12. The summed E-state index contributed by atoms with van der Waals surface area (Å²) in [6.07, 6.45) is 5.81. The molecule has 2 nitrogen and oxygen atoms in total. The summed E-state index contributed by atoms with van der Waals surface area (Å²) >= 11 is 3.52. The number of fused-ring (bicyclic) bond motifs is 1. The molecule has 2 heterocycles. The zero-order chi connectivity index (χ0) is 12.4. The van der Waals surface area contributed by atoms with Crippen molar-refractivity contribution < 1.29 is 0 Å². The Balaban J connectivity index is 1.83. The van der Waals surface area contributed by atoms with Crippen molar-refractivity contribution in [2.75, 3.05) is 13.1 Å². The van der Waals surface area contributed by atoms with Gasteiger partial charge >= 0.3 is 0 Å². The van der Waals surface area contributed by atoms with Crippen molar-refractivity contribution in [3.05, 3.63) is 40.5 Å². The Morgan fingerprint density at radius 3 is 3.11 bits per heavy atom. The monoisotopic (exact) mass is 304 g/mol. The van der Waals surface area contributed by atoms with Gasteiger partial charge in [0.25, 0.3) is 0 Å². The van der Waals surface area contributed by atoms with Gasteiger partial charge in [-0.25, -0.2) is 0 Å². The summed E-state index contributed by atoms with van der Waals surface area (Å²) in [5, 5.41) is 4.70. The summed E-state index contributed by atoms with van der Waals surface area (Å²) in [5.74, 6) is 0.769. The highest BCUT2D eigenvalue weighted by atomic mass is 79.9. The Morgan fingerprint density at radius 1 is 1.33 bits per heavy atom. The predicted octanol–water partition coefficient (Wildman–Crippen LogP) is 3.54. The molecule has 1 aliphatic rings. The van der Waals surface area contributed by atoms with Gasteiger partial charge in [0, 0.05) is 16.1 Å². The van der Waals surface area contributed by atoms with E-state index >= 15 is 0 Å². The zero-order valence-corrected chi connectivity index (χ0v) is 11.9. The van der Waals surface area contributed by atoms with Crippen LogP contribution in [0.3, 0.4) is 0 Å². The number of hydrogen-bond acceptors (Lipinski definition) is 2. The van der Waals surface area contributed by atoms with Crippen LogP contribution in [0.4, 0.5) is 0 Å². The first-order valence-electron chi connectivity index (χ1n) is 6.56. The van der Waals surface area contributed by atoms with Crippen LogP contribution in [0, 0.1) is 5.92 Å². The quantitative estimate of drug-likeness (QED) is 0.918. The van der Waals surface area contributed by atoms with E-state index in [9.17, 15) is 0 Å². The normalized spacial score (nSPS) is 20.2. The van der Waals surface area contributed by atoms with Gasteiger partial charge in [-0.2, -0.15) is 0 Å². The van der Waals surface area contributed by atoms with Crippen LogP contribution >= 0.6 is 15.9 Å². The number of rotatable bonds is 2. The van der Waals surface area contributed by atoms with Crippen LogP contribution in [-0.4, -0.2) is 18.1 Å². The third kappa shape index (κ3) is 2.73. The van der Waals surface area contributed by atoms with E-state index in [1.807, 2.05) is 12.3 Å². The molecule has 1 saturated heterocycles. The predicted molar refractivity (Wildman–Crippen MR) is 78.7 cm³/mol. The van der Waals surface area contributed by atoms with Crippen LogP contribution in [0.2, 0.25) is 0 Å². The van der Waals surface area contributed by atoms with Gasteiger partial charge in [0.2, 0.25) is 0 Å². The lowest BCUT2D eigenvalue weighted by Crippen LogP contribution is -2.30. The summed E-state index contributed by atoms with van der Waals surface area (Å²) in [7, 11) is 0. The Kier molecular flexibility index (Phi) is 3.62. The van der Waals surface area contributed by atoms with Crippen LogP contribution < -0.4 is 5.32 Å². The van der Waals surface area contributed by atoms with Gasteiger partial charge in [0.05, 0.1) is 5.52 Å². The molecule has 18 heavy (non-hydrogen) atoms. The molecule has 1 aliphatic heterocycles. The third-order valence-corrected chi connectivity index (χ3v) is 4.12. The molecule has 3 rings (SSSR count). The molecule has 1 N–H and O–H groups in total. The van der Waals surface area contributed by atoms with Gasteiger partial charge in [-0.3, -0.25) is 4.98 Å². The summed E-state index contributed by atoms with van der Waals surface area (Å²) in [6.45, 7) is 2.33. The standard InChI is InChI=1S/C15H17BrN2/c16-14-3-4-15-13(8-14)7-12(10-18-15)6-11-2-1-5-17-9-11/h3-4,7-8,10-11,17H,1-2,5-6,9H2. The van der Waals surface area contributed by atoms with E-state index < -0.39 is 0 Å². The van der Waals surface area contributed by atoms with Crippen LogP contribution in [0.15, 0.2) is 34.9 Å². The number of piperidine rings is 1. The molecule has 3 heteroatoms. The van der Waals surface area contributed by atoms with E-state index in [-0.39, 0.29) is 0 Å². The molecular weight excluding hydrogens is 288 g/mol. The van der Waals surface area contributed by atoms with Crippen molar-refractivity contribution in [1.29, 1.82) is 0 Å². The second-order valence-corrected chi connectivity index (χ2v) is 6.01. The molecule has 2 aromatic rings. The molecule has 1 aromatic heterocycles. The fourth-order valence-electron chi connectivity index (χ4n) is 2.69. The number of nitrogens with zero attached hydrogens (tertiary/aromatic N) is 1. The van der Waals surface area contributed by atoms with Crippen molar-refractivity contribution in [2.24, 2.45) is 5.92 Å². The second kappa shape index (κ2) is 5.37. The molecule has 0 aliphatic carbocycles. The number of hydrogen-bond donors (Lipinski definition) is 1. The third-order valence-electron chi connectivity index (χ3n) is 3.62. The van der Waals surface area contributed by atoms with Crippen molar-refractivity contribution in [3.8, 4) is 0 Å². The molecule has 1 fully saturated rings. The number of nitrogens with one attached hydrogen (secondary N) is 1.